The summed E-state index contributed by atoms with van der Waals surface area (Å²) in [5.41, 5.74) is 1.95. The van der Waals surface area contributed by atoms with Crippen molar-refractivity contribution in [2.24, 2.45) is 0 Å². The third-order valence-electron chi connectivity index (χ3n) is 5.38. The van der Waals surface area contributed by atoms with E-state index < -0.39 is 8.01 Å². The van der Waals surface area contributed by atoms with Crippen molar-refractivity contribution in [2.75, 3.05) is 0 Å². The van der Waals surface area contributed by atoms with Crippen molar-refractivity contribution in [3.8, 4) is 0 Å². The van der Waals surface area contributed by atoms with Gasteiger partial charge in [-0.15, -0.1) is 0 Å². The second-order valence-electron chi connectivity index (χ2n) is 7.05. The molecule has 2 nitrogen and oxygen atoms in total. The summed E-state index contributed by atoms with van der Waals surface area (Å²) in [6.45, 7) is 0. The number of hydrogen-bond donors (Lipinski definition) is 0. The molecule has 0 fully saturated rings. The van der Waals surface area contributed by atoms with Crippen LogP contribution in [-0.2, 0) is 0 Å². The molecule has 0 amide bonds. The Labute approximate surface area is 162 Å². The van der Waals surface area contributed by atoms with E-state index in [9.17, 15) is 0 Å². The van der Waals surface area contributed by atoms with Crippen LogP contribution >= 0.6 is 8.01 Å². The minimum absolute atomic E-state index is 0.159. The second-order valence-corrected chi connectivity index (χ2v) is 8.58. The topological polar surface area (TPSA) is 26.3 Å². The molecule has 0 N–H and O–H groups in total. The molecule has 28 heavy (non-hydrogen) atoms. The van der Waals surface area contributed by atoms with Crippen LogP contribution in [0.1, 0.15) is 5.66 Å². The van der Waals surface area contributed by atoms with E-state index in [-0.39, 0.29) is 5.66 Å². The molecule has 0 aliphatic heterocycles. The lowest BCUT2D eigenvalue weighted by atomic mass is 9.99. The largest absolute Gasteiger partial charge is 0.418 e. The van der Waals surface area contributed by atoms with Crippen molar-refractivity contribution in [3.05, 3.63) is 97.1 Å². The van der Waals surface area contributed by atoms with Crippen molar-refractivity contribution in [2.45, 2.75) is 5.66 Å². The third-order valence-corrected chi connectivity index (χ3v) is 6.96. The normalized spacial score (nSPS) is 14.0. The molecule has 4 aromatic carbocycles. The molecule has 0 saturated heterocycles. The number of allylic oxidation sites excluding steroid dienone is 4. The SMILES string of the molecule is C1=CC(p2oc3ccc4ccccc4c3c3c(ccc4ccccc43)o2)C=C1. The van der Waals surface area contributed by atoms with Gasteiger partial charge in [0.2, 0.25) is 8.01 Å². The molecule has 3 heteroatoms. The highest BCUT2D eigenvalue weighted by atomic mass is 31.1. The first-order valence-corrected chi connectivity index (χ1v) is 10.7. The average molecular weight is 380 g/mol. The zero-order valence-corrected chi connectivity index (χ0v) is 16.0. The van der Waals surface area contributed by atoms with Gasteiger partial charge in [0.1, 0.15) is 11.2 Å². The lowest BCUT2D eigenvalue weighted by molar-refractivity contribution is 0.634. The minimum atomic E-state index is -1.16. The van der Waals surface area contributed by atoms with Crippen LogP contribution < -0.4 is 0 Å². The Morgan fingerprint density at radius 2 is 1.07 bits per heavy atom. The van der Waals surface area contributed by atoms with Gasteiger partial charge in [0, 0.05) is 10.8 Å². The van der Waals surface area contributed by atoms with Crippen LogP contribution in [0.2, 0.25) is 0 Å². The fraction of sp³-hybridized carbons (Fsp3) is 0.0400. The lowest BCUT2D eigenvalue weighted by Crippen LogP contribution is -1.79. The predicted molar refractivity (Wildman–Crippen MR) is 119 cm³/mol. The van der Waals surface area contributed by atoms with E-state index >= 15 is 0 Å². The van der Waals surface area contributed by atoms with Crippen LogP contribution in [0.25, 0.3) is 43.5 Å². The Bertz CT molecular complexity index is 1360. The molecule has 6 rings (SSSR count). The van der Waals surface area contributed by atoms with Gasteiger partial charge in [0.05, 0.1) is 5.66 Å². The Kier molecular flexibility index (Phi) is 3.47. The van der Waals surface area contributed by atoms with Gasteiger partial charge in [0.25, 0.3) is 0 Å². The maximum Gasteiger partial charge on any atom is 0.228 e. The number of rotatable bonds is 1. The zero-order chi connectivity index (χ0) is 18.5. The summed E-state index contributed by atoms with van der Waals surface area (Å²) in [6, 6.07) is 25.4. The van der Waals surface area contributed by atoms with Crippen LogP contribution in [0.3, 0.4) is 0 Å². The van der Waals surface area contributed by atoms with Crippen molar-refractivity contribution in [1.82, 2.24) is 0 Å². The van der Waals surface area contributed by atoms with Crippen molar-refractivity contribution in [1.29, 1.82) is 0 Å². The summed E-state index contributed by atoms with van der Waals surface area (Å²) in [4.78, 5) is 0. The summed E-state index contributed by atoms with van der Waals surface area (Å²) in [5.74, 6) is 0. The number of benzene rings is 4. The first kappa shape index (κ1) is 15.8. The Morgan fingerprint density at radius 3 is 1.61 bits per heavy atom. The molecular formula is C25H17O2P. The molecule has 0 spiro atoms. The molecule has 0 unspecified atom stereocenters. The van der Waals surface area contributed by atoms with Crippen LogP contribution in [0.15, 0.2) is 105 Å². The van der Waals surface area contributed by atoms with Crippen LogP contribution in [0, 0.1) is 0 Å². The van der Waals surface area contributed by atoms with Crippen LogP contribution in [0.4, 0.5) is 0 Å². The summed E-state index contributed by atoms with van der Waals surface area (Å²) >= 11 is 0. The molecule has 0 radical (unpaired) electrons. The molecule has 1 aliphatic rings. The summed E-state index contributed by atoms with van der Waals surface area (Å²) in [5, 5.41) is 7.04. The van der Waals surface area contributed by atoms with Gasteiger partial charge in [-0.2, -0.15) is 0 Å². The smallest absolute Gasteiger partial charge is 0.228 e. The summed E-state index contributed by atoms with van der Waals surface area (Å²) in [7, 11) is -1.16. The molecule has 0 atom stereocenters. The minimum Gasteiger partial charge on any atom is -0.418 e. The Hall–Kier alpha value is -3.22. The van der Waals surface area contributed by atoms with E-state index in [1.165, 1.54) is 21.5 Å². The first-order chi connectivity index (χ1) is 13.9. The zero-order valence-electron chi connectivity index (χ0n) is 15.1. The van der Waals surface area contributed by atoms with Crippen molar-refractivity contribution >= 4 is 51.5 Å². The van der Waals surface area contributed by atoms with E-state index in [1.54, 1.807) is 0 Å². The summed E-state index contributed by atoms with van der Waals surface area (Å²) in [6.07, 6.45) is 8.43. The molecule has 1 heterocycles. The molecular weight excluding hydrogens is 363 g/mol. The second kappa shape index (κ2) is 6.15. The van der Waals surface area contributed by atoms with Crippen LogP contribution in [-0.4, -0.2) is 0 Å². The van der Waals surface area contributed by atoms with Gasteiger partial charge >= 0.3 is 0 Å². The van der Waals surface area contributed by atoms with Gasteiger partial charge in [-0.1, -0.05) is 85.0 Å². The maximum absolute atomic E-state index is 6.52. The van der Waals surface area contributed by atoms with E-state index in [0.717, 1.165) is 21.9 Å². The molecule has 134 valence electrons. The van der Waals surface area contributed by atoms with Crippen molar-refractivity contribution in [3.63, 3.8) is 0 Å². The molecule has 0 bridgehead atoms. The van der Waals surface area contributed by atoms with Gasteiger partial charge in [-0.25, -0.2) is 0 Å². The number of hydrogen-bond acceptors (Lipinski definition) is 2. The standard InChI is InChI=1S/C25H17O2P/c1-5-11-20-17(7-1)13-15-22-24(20)25-21-12-6-2-8-18(21)14-16-23(25)27-28(26-22)19-9-3-4-10-19/h1-16,19H. The Balaban J connectivity index is 1.92. The molecule has 5 aromatic rings. The predicted octanol–water partition coefficient (Wildman–Crippen LogP) is 8.26. The molecule has 1 aromatic heterocycles. The summed E-state index contributed by atoms with van der Waals surface area (Å²) < 4.78 is 13.0. The molecule has 0 saturated carbocycles. The average Bonchev–Trinajstić information content (AvgIpc) is 3.22. The highest BCUT2D eigenvalue weighted by Gasteiger charge is 2.16. The van der Waals surface area contributed by atoms with Gasteiger partial charge < -0.3 is 8.39 Å². The van der Waals surface area contributed by atoms with E-state index in [4.69, 9.17) is 8.39 Å². The third kappa shape index (κ3) is 2.35. The lowest BCUT2D eigenvalue weighted by Gasteiger charge is -2.05. The molecule has 1 aliphatic carbocycles. The Morgan fingerprint density at radius 1 is 0.571 bits per heavy atom. The fourth-order valence-corrected chi connectivity index (χ4v) is 5.52. The van der Waals surface area contributed by atoms with E-state index in [2.05, 4.69) is 97.1 Å². The van der Waals surface area contributed by atoms with E-state index in [0.29, 0.717) is 0 Å². The quantitative estimate of drug-likeness (QED) is 0.292. The fourth-order valence-electron chi connectivity index (χ4n) is 4.07. The van der Waals surface area contributed by atoms with Gasteiger partial charge in [0.15, 0.2) is 0 Å². The van der Waals surface area contributed by atoms with Crippen LogP contribution in [0.5, 0.6) is 0 Å². The maximum atomic E-state index is 6.52. The highest BCUT2D eigenvalue weighted by Crippen LogP contribution is 2.47. The number of fused-ring (bicyclic) bond motifs is 7. The highest BCUT2D eigenvalue weighted by molar-refractivity contribution is 7.38. The van der Waals surface area contributed by atoms with Crippen molar-refractivity contribution < 1.29 is 8.39 Å². The first-order valence-electron chi connectivity index (χ1n) is 9.42. The monoisotopic (exact) mass is 380 g/mol. The van der Waals surface area contributed by atoms with E-state index in [1.807, 2.05) is 0 Å². The van der Waals surface area contributed by atoms with Gasteiger partial charge in [-0.05, 0) is 33.7 Å². The van der Waals surface area contributed by atoms with Gasteiger partial charge in [-0.3, -0.25) is 0 Å².